The largest absolute Gasteiger partial charge is 0.464 e. The Bertz CT molecular complexity index is 222. The molecule has 0 spiro atoms. The van der Waals surface area contributed by atoms with Crippen LogP contribution in [0.25, 0.3) is 0 Å². The number of hydrogen-bond donors (Lipinski definition) is 1. The van der Waals surface area contributed by atoms with Crippen LogP contribution < -0.4 is 5.73 Å². The molecule has 15 heavy (non-hydrogen) atoms. The van der Waals surface area contributed by atoms with E-state index in [2.05, 4.69) is 6.92 Å². The fourth-order valence-corrected chi connectivity index (χ4v) is 1.44. The first-order chi connectivity index (χ1) is 6.94. The third kappa shape index (κ3) is 3.47. The Morgan fingerprint density at radius 3 is 2.73 bits per heavy atom. The number of hydrogen-bond acceptors (Lipinski definition) is 4. The van der Waals surface area contributed by atoms with Crippen molar-refractivity contribution in [2.45, 2.75) is 33.2 Å². The Balaban J connectivity index is 2.33. The SMILES string of the molecule is CC(C)C(N)C(=O)OCC1(C)CCOC1. The summed E-state index contributed by atoms with van der Waals surface area (Å²) in [6.45, 7) is 7.71. The summed E-state index contributed by atoms with van der Waals surface area (Å²) in [5.74, 6) is -0.191. The molecular formula is C11H21NO3. The molecule has 0 aromatic carbocycles. The van der Waals surface area contributed by atoms with Crippen molar-refractivity contribution in [2.24, 2.45) is 17.1 Å². The van der Waals surface area contributed by atoms with Gasteiger partial charge < -0.3 is 15.2 Å². The predicted octanol–water partition coefficient (Wildman–Crippen LogP) is 0.939. The molecule has 1 fully saturated rings. The average molecular weight is 215 g/mol. The van der Waals surface area contributed by atoms with E-state index in [-0.39, 0.29) is 17.3 Å². The van der Waals surface area contributed by atoms with E-state index in [1.807, 2.05) is 13.8 Å². The number of esters is 1. The third-order valence-electron chi connectivity index (χ3n) is 2.85. The molecule has 2 atom stereocenters. The zero-order valence-corrected chi connectivity index (χ0v) is 9.79. The number of nitrogens with two attached hydrogens (primary N) is 1. The number of ether oxygens (including phenoxy) is 2. The lowest BCUT2D eigenvalue weighted by atomic mass is 9.91. The van der Waals surface area contributed by atoms with Gasteiger partial charge in [0.15, 0.2) is 0 Å². The van der Waals surface area contributed by atoms with Gasteiger partial charge in [-0.05, 0) is 12.3 Å². The molecule has 1 saturated heterocycles. The van der Waals surface area contributed by atoms with Gasteiger partial charge in [-0.25, -0.2) is 0 Å². The van der Waals surface area contributed by atoms with E-state index in [9.17, 15) is 4.79 Å². The fraction of sp³-hybridized carbons (Fsp3) is 0.909. The summed E-state index contributed by atoms with van der Waals surface area (Å²) in [5, 5.41) is 0. The van der Waals surface area contributed by atoms with Gasteiger partial charge in [0.1, 0.15) is 6.04 Å². The molecule has 1 rings (SSSR count). The van der Waals surface area contributed by atoms with Crippen LogP contribution >= 0.6 is 0 Å². The maximum Gasteiger partial charge on any atom is 0.323 e. The standard InChI is InChI=1S/C11H21NO3/c1-8(2)9(12)10(13)15-7-11(3)4-5-14-6-11/h8-9H,4-7,12H2,1-3H3. The van der Waals surface area contributed by atoms with Crippen LogP contribution in [-0.2, 0) is 14.3 Å². The lowest BCUT2D eigenvalue weighted by Gasteiger charge is -2.23. The Labute approximate surface area is 91.1 Å². The molecule has 0 saturated carbocycles. The smallest absolute Gasteiger partial charge is 0.323 e. The molecule has 4 nitrogen and oxygen atoms in total. The van der Waals surface area contributed by atoms with Crippen molar-refractivity contribution in [3.8, 4) is 0 Å². The van der Waals surface area contributed by atoms with E-state index in [4.69, 9.17) is 15.2 Å². The van der Waals surface area contributed by atoms with Crippen molar-refractivity contribution in [1.82, 2.24) is 0 Å². The normalized spacial score (nSPS) is 28.1. The van der Waals surface area contributed by atoms with Gasteiger partial charge in [0.2, 0.25) is 0 Å². The van der Waals surface area contributed by atoms with Crippen molar-refractivity contribution >= 4 is 5.97 Å². The summed E-state index contributed by atoms with van der Waals surface area (Å²) in [6, 6.07) is -0.518. The minimum Gasteiger partial charge on any atom is -0.464 e. The molecule has 0 aliphatic carbocycles. The molecule has 0 radical (unpaired) electrons. The van der Waals surface area contributed by atoms with Crippen molar-refractivity contribution in [2.75, 3.05) is 19.8 Å². The van der Waals surface area contributed by atoms with Gasteiger partial charge in [0.25, 0.3) is 0 Å². The summed E-state index contributed by atoms with van der Waals surface area (Å²) in [4.78, 5) is 11.5. The van der Waals surface area contributed by atoms with Crippen LogP contribution in [0.2, 0.25) is 0 Å². The molecule has 88 valence electrons. The van der Waals surface area contributed by atoms with E-state index in [0.717, 1.165) is 13.0 Å². The molecule has 1 aliphatic rings. The first-order valence-electron chi connectivity index (χ1n) is 5.44. The van der Waals surface area contributed by atoms with E-state index in [1.165, 1.54) is 0 Å². The van der Waals surface area contributed by atoms with E-state index < -0.39 is 6.04 Å². The van der Waals surface area contributed by atoms with E-state index in [0.29, 0.717) is 13.2 Å². The number of carbonyl (C=O) groups excluding carboxylic acids is 1. The summed E-state index contributed by atoms with van der Waals surface area (Å²) < 4.78 is 10.5. The lowest BCUT2D eigenvalue weighted by molar-refractivity contribution is -0.149. The Morgan fingerprint density at radius 1 is 1.60 bits per heavy atom. The van der Waals surface area contributed by atoms with Crippen LogP contribution in [0.4, 0.5) is 0 Å². The summed E-state index contributed by atoms with van der Waals surface area (Å²) in [5.41, 5.74) is 5.66. The molecule has 0 aromatic heterocycles. The second kappa shape index (κ2) is 4.94. The van der Waals surface area contributed by atoms with Crippen LogP contribution in [0.15, 0.2) is 0 Å². The molecule has 1 heterocycles. The van der Waals surface area contributed by atoms with Crippen LogP contribution in [0.5, 0.6) is 0 Å². The monoisotopic (exact) mass is 215 g/mol. The lowest BCUT2D eigenvalue weighted by Crippen LogP contribution is -2.39. The highest BCUT2D eigenvalue weighted by Gasteiger charge is 2.32. The zero-order valence-electron chi connectivity index (χ0n) is 9.79. The Morgan fingerprint density at radius 2 is 2.27 bits per heavy atom. The van der Waals surface area contributed by atoms with E-state index in [1.54, 1.807) is 0 Å². The minimum absolute atomic E-state index is 0.0215. The highest BCUT2D eigenvalue weighted by atomic mass is 16.5. The van der Waals surface area contributed by atoms with Crippen LogP contribution in [0.3, 0.4) is 0 Å². The molecule has 4 heteroatoms. The van der Waals surface area contributed by atoms with Gasteiger partial charge in [-0.2, -0.15) is 0 Å². The number of rotatable bonds is 4. The molecular weight excluding hydrogens is 194 g/mol. The maximum atomic E-state index is 11.5. The van der Waals surface area contributed by atoms with Crippen LogP contribution in [0, 0.1) is 11.3 Å². The predicted molar refractivity (Wildman–Crippen MR) is 57.3 cm³/mol. The third-order valence-corrected chi connectivity index (χ3v) is 2.85. The second-order valence-corrected chi connectivity index (χ2v) is 4.99. The summed E-state index contributed by atoms with van der Waals surface area (Å²) in [6.07, 6.45) is 0.942. The van der Waals surface area contributed by atoms with Crippen molar-refractivity contribution in [3.05, 3.63) is 0 Å². The van der Waals surface area contributed by atoms with Crippen LogP contribution in [0.1, 0.15) is 27.2 Å². The zero-order chi connectivity index (χ0) is 11.5. The van der Waals surface area contributed by atoms with Crippen molar-refractivity contribution < 1.29 is 14.3 Å². The quantitative estimate of drug-likeness (QED) is 0.709. The first kappa shape index (κ1) is 12.5. The van der Waals surface area contributed by atoms with Gasteiger partial charge in [-0.1, -0.05) is 20.8 Å². The van der Waals surface area contributed by atoms with Gasteiger partial charge in [-0.3, -0.25) is 4.79 Å². The summed E-state index contributed by atoms with van der Waals surface area (Å²) >= 11 is 0. The molecule has 0 bridgehead atoms. The highest BCUT2D eigenvalue weighted by molar-refractivity contribution is 5.75. The fourth-order valence-electron chi connectivity index (χ4n) is 1.44. The minimum atomic E-state index is -0.518. The Hall–Kier alpha value is -0.610. The first-order valence-corrected chi connectivity index (χ1v) is 5.44. The molecule has 2 unspecified atom stereocenters. The van der Waals surface area contributed by atoms with E-state index >= 15 is 0 Å². The summed E-state index contributed by atoms with van der Waals surface area (Å²) in [7, 11) is 0. The van der Waals surface area contributed by atoms with Crippen LogP contribution in [-0.4, -0.2) is 31.8 Å². The van der Waals surface area contributed by atoms with Crippen molar-refractivity contribution in [3.63, 3.8) is 0 Å². The Kier molecular flexibility index (Phi) is 4.11. The number of carbonyl (C=O) groups is 1. The van der Waals surface area contributed by atoms with Gasteiger partial charge in [0.05, 0.1) is 13.2 Å². The maximum absolute atomic E-state index is 11.5. The topological polar surface area (TPSA) is 61.6 Å². The molecule has 2 N–H and O–H groups in total. The van der Waals surface area contributed by atoms with Gasteiger partial charge >= 0.3 is 5.97 Å². The molecule has 1 aliphatic heterocycles. The molecule has 0 aromatic rings. The second-order valence-electron chi connectivity index (χ2n) is 4.99. The highest BCUT2D eigenvalue weighted by Crippen LogP contribution is 2.28. The van der Waals surface area contributed by atoms with Gasteiger partial charge in [-0.15, -0.1) is 0 Å². The molecule has 0 amide bonds. The van der Waals surface area contributed by atoms with Gasteiger partial charge in [0, 0.05) is 12.0 Å². The average Bonchev–Trinajstić information content (AvgIpc) is 2.61. The van der Waals surface area contributed by atoms with Crippen molar-refractivity contribution in [1.29, 1.82) is 0 Å².